The van der Waals surface area contributed by atoms with E-state index in [2.05, 4.69) is 9.72 Å². The molecule has 0 aromatic carbocycles. The molecule has 8 heteroatoms. The van der Waals surface area contributed by atoms with Gasteiger partial charge in [-0.2, -0.15) is 0 Å². The van der Waals surface area contributed by atoms with Gasteiger partial charge in [-0.1, -0.05) is 23.8 Å². The maximum Gasteiger partial charge on any atom is 0.311 e. The van der Waals surface area contributed by atoms with Gasteiger partial charge in [-0.3, -0.25) is 14.9 Å². The van der Waals surface area contributed by atoms with Crippen molar-refractivity contribution in [1.82, 2.24) is 4.98 Å². The first-order valence-electron chi connectivity index (χ1n) is 4.79. The lowest BCUT2D eigenvalue weighted by Crippen LogP contribution is -2.00. The van der Waals surface area contributed by atoms with Crippen LogP contribution in [0.1, 0.15) is 12.0 Å². The van der Waals surface area contributed by atoms with Crippen molar-refractivity contribution < 1.29 is 14.5 Å². The van der Waals surface area contributed by atoms with Crippen molar-refractivity contribution in [2.24, 2.45) is 0 Å². The fourth-order valence-corrected chi connectivity index (χ4v) is 1.35. The number of nitrogen functional groups attached to an aromatic ring is 1. The molecule has 0 aliphatic rings. The number of aromatic nitrogens is 1. The molecule has 0 bridgehead atoms. The molecular formula is C10H10ClN3O4. The Bertz CT molecular complexity index is 516. The predicted octanol–water partition coefficient (Wildman–Crippen LogP) is 1.80. The van der Waals surface area contributed by atoms with Gasteiger partial charge in [-0.05, 0) is 0 Å². The van der Waals surface area contributed by atoms with Crippen LogP contribution in [0.25, 0.3) is 6.08 Å². The Morgan fingerprint density at radius 1 is 1.72 bits per heavy atom. The molecule has 0 aliphatic heterocycles. The Kier molecular flexibility index (Phi) is 4.61. The summed E-state index contributed by atoms with van der Waals surface area (Å²) in [7, 11) is 1.26. The molecule has 0 fully saturated rings. The third-order valence-corrected chi connectivity index (χ3v) is 2.32. The first-order chi connectivity index (χ1) is 8.45. The van der Waals surface area contributed by atoms with E-state index in [0.29, 0.717) is 5.56 Å². The second-order valence-electron chi connectivity index (χ2n) is 3.21. The number of halogens is 1. The van der Waals surface area contributed by atoms with Crippen LogP contribution in [0, 0.1) is 10.1 Å². The van der Waals surface area contributed by atoms with Crippen LogP contribution < -0.4 is 5.73 Å². The molecule has 96 valence electrons. The highest BCUT2D eigenvalue weighted by Crippen LogP contribution is 2.26. The number of carbonyl (C=O) groups is 1. The summed E-state index contributed by atoms with van der Waals surface area (Å²) in [6, 6.07) is 1.19. The Morgan fingerprint density at radius 3 is 2.94 bits per heavy atom. The van der Waals surface area contributed by atoms with Gasteiger partial charge in [0.2, 0.25) is 5.82 Å². The minimum atomic E-state index is -0.656. The van der Waals surface area contributed by atoms with E-state index in [4.69, 9.17) is 17.3 Å². The van der Waals surface area contributed by atoms with Crippen LogP contribution in [0.3, 0.4) is 0 Å². The van der Waals surface area contributed by atoms with Crippen molar-refractivity contribution in [2.75, 3.05) is 12.8 Å². The SMILES string of the molecule is COC(=O)CC=Cc1cc([N+](=O)[O-])c(N)nc1Cl. The molecule has 0 saturated carbocycles. The number of pyridine rings is 1. The third kappa shape index (κ3) is 3.42. The molecule has 1 aromatic heterocycles. The summed E-state index contributed by atoms with van der Waals surface area (Å²) in [5, 5.41) is 10.7. The van der Waals surface area contributed by atoms with Gasteiger partial charge < -0.3 is 10.5 Å². The van der Waals surface area contributed by atoms with Crippen molar-refractivity contribution in [3.05, 3.63) is 33.0 Å². The summed E-state index contributed by atoms with van der Waals surface area (Å²) >= 11 is 5.77. The fourth-order valence-electron chi connectivity index (χ4n) is 1.14. The molecule has 0 amide bonds. The number of esters is 1. The van der Waals surface area contributed by atoms with Crippen LogP contribution in [0.4, 0.5) is 11.5 Å². The summed E-state index contributed by atoms with van der Waals surface area (Å²) in [4.78, 5) is 24.5. The van der Waals surface area contributed by atoms with Crippen LogP contribution in [-0.4, -0.2) is 23.0 Å². The lowest BCUT2D eigenvalue weighted by atomic mass is 10.2. The zero-order chi connectivity index (χ0) is 13.7. The molecule has 1 aromatic rings. The number of nitrogens with two attached hydrogens (primary N) is 1. The van der Waals surface area contributed by atoms with E-state index in [-0.39, 0.29) is 23.1 Å². The zero-order valence-corrected chi connectivity index (χ0v) is 10.2. The second-order valence-corrected chi connectivity index (χ2v) is 3.57. The van der Waals surface area contributed by atoms with Gasteiger partial charge in [-0.15, -0.1) is 0 Å². The number of nitro groups is 1. The van der Waals surface area contributed by atoms with Gasteiger partial charge in [0.15, 0.2) is 0 Å². The number of nitrogens with zero attached hydrogens (tertiary/aromatic N) is 2. The number of anilines is 1. The molecule has 1 rings (SSSR count). The van der Waals surface area contributed by atoms with Crippen molar-refractivity contribution in [1.29, 1.82) is 0 Å². The monoisotopic (exact) mass is 271 g/mol. The van der Waals surface area contributed by atoms with Gasteiger partial charge in [0, 0.05) is 11.6 Å². The second kappa shape index (κ2) is 5.97. The Morgan fingerprint density at radius 2 is 2.39 bits per heavy atom. The van der Waals surface area contributed by atoms with Gasteiger partial charge in [0.25, 0.3) is 0 Å². The first kappa shape index (κ1) is 13.9. The number of hydrogen-bond acceptors (Lipinski definition) is 6. The quantitative estimate of drug-likeness (QED) is 0.387. The fraction of sp³-hybridized carbons (Fsp3) is 0.200. The molecule has 0 aliphatic carbocycles. The van der Waals surface area contributed by atoms with Gasteiger partial charge in [0.1, 0.15) is 5.15 Å². The summed E-state index contributed by atoms with van der Waals surface area (Å²) in [6.45, 7) is 0. The molecule has 0 spiro atoms. The molecule has 0 atom stereocenters. The van der Waals surface area contributed by atoms with Crippen molar-refractivity contribution in [3.8, 4) is 0 Å². The molecule has 18 heavy (non-hydrogen) atoms. The molecule has 2 N–H and O–H groups in total. The topological polar surface area (TPSA) is 108 Å². The molecular weight excluding hydrogens is 262 g/mol. The normalized spacial score (nSPS) is 10.6. The summed E-state index contributed by atoms with van der Waals surface area (Å²) < 4.78 is 4.43. The molecule has 0 unspecified atom stereocenters. The van der Waals surface area contributed by atoms with Gasteiger partial charge in [-0.25, -0.2) is 4.98 Å². The summed E-state index contributed by atoms with van der Waals surface area (Å²) in [5.41, 5.74) is 5.33. The number of rotatable bonds is 4. The first-order valence-corrected chi connectivity index (χ1v) is 5.17. The highest BCUT2D eigenvalue weighted by atomic mass is 35.5. The maximum absolute atomic E-state index is 10.9. The minimum absolute atomic E-state index is 0.0271. The summed E-state index contributed by atoms with van der Waals surface area (Å²) in [6.07, 6.45) is 2.94. The van der Waals surface area contributed by atoms with E-state index in [9.17, 15) is 14.9 Å². The number of hydrogen-bond donors (Lipinski definition) is 1. The van der Waals surface area contributed by atoms with E-state index in [0.717, 1.165) is 0 Å². The predicted molar refractivity (Wildman–Crippen MR) is 66.0 cm³/mol. The zero-order valence-electron chi connectivity index (χ0n) is 9.42. The minimum Gasteiger partial charge on any atom is -0.469 e. The average molecular weight is 272 g/mol. The molecule has 7 nitrogen and oxygen atoms in total. The van der Waals surface area contributed by atoms with E-state index >= 15 is 0 Å². The lowest BCUT2D eigenvalue weighted by molar-refractivity contribution is -0.384. The maximum atomic E-state index is 10.9. The van der Waals surface area contributed by atoms with Crippen LogP contribution in [-0.2, 0) is 9.53 Å². The number of carbonyl (C=O) groups excluding carboxylic acids is 1. The smallest absolute Gasteiger partial charge is 0.311 e. The van der Waals surface area contributed by atoms with Gasteiger partial charge >= 0.3 is 11.7 Å². The van der Waals surface area contributed by atoms with Crippen molar-refractivity contribution >= 4 is 35.2 Å². The van der Waals surface area contributed by atoms with E-state index in [1.807, 2.05) is 0 Å². The molecule has 0 saturated heterocycles. The molecule has 1 heterocycles. The van der Waals surface area contributed by atoms with E-state index in [1.165, 1.54) is 25.3 Å². The number of methoxy groups -OCH3 is 1. The van der Waals surface area contributed by atoms with Gasteiger partial charge in [0.05, 0.1) is 18.5 Å². The Hall–Kier alpha value is -2.15. The van der Waals surface area contributed by atoms with Crippen LogP contribution in [0.5, 0.6) is 0 Å². The Labute approximate surface area is 107 Å². The highest BCUT2D eigenvalue weighted by molar-refractivity contribution is 6.31. The molecule has 0 radical (unpaired) electrons. The number of ether oxygens (including phenoxy) is 1. The summed E-state index contributed by atoms with van der Waals surface area (Å²) in [5.74, 6) is -0.685. The van der Waals surface area contributed by atoms with E-state index < -0.39 is 10.9 Å². The van der Waals surface area contributed by atoms with Crippen LogP contribution >= 0.6 is 11.6 Å². The standard InChI is InChI=1S/C10H10ClN3O4/c1-18-8(15)4-2-3-6-5-7(14(16)17)10(12)13-9(6)11/h2-3,5H,4H2,1H3,(H2,12,13). The van der Waals surface area contributed by atoms with Crippen molar-refractivity contribution in [3.63, 3.8) is 0 Å². The van der Waals surface area contributed by atoms with Crippen LogP contribution in [0.2, 0.25) is 5.15 Å². The Balaban J connectivity index is 2.99. The van der Waals surface area contributed by atoms with E-state index in [1.54, 1.807) is 0 Å². The van der Waals surface area contributed by atoms with Crippen LogP contribution in [0.15, 0.2) is 12.1 Å². The van der Waals surface area contributed by atoms with Crippen molar-refractivity contribution in [2.45, 2.75) is 6.42 Å². The average Bonchev–Trinajstić information content (AvgIpc) is 2.31. The highest BCUT2D eigenvalue weighted by Gasteiger charge is 2.15. The lowest BCUT2D eigenvalue weighted by Gasteiger charge is -2.01. The largest absolute Gasteiger partial charge is 0.469 e. The third-order valence-electron chi connectivity index (χ3n) is 2.02.